The maximum absolute atomic E-state index is 13.2. The molecule has 1 heterocycles. The molecule has 1 aromatic heterocycles. The van der Waals surface area contributed by atoms with Crippen LogP contribution in [-0.4, -0.2) is 26.3 Å². The van der Waals surface area contributed by atoms with Gasteiger partial charge in [-0.2, -0.15) is 0 Å². The summed E-state index contributed by atoms with van der Waals surface area (Å²) < 4.78 is 2.12. The van der Waals surface area contributed by atoms with Crippen LogP contribution in [0.3, 0.4) is 0 Å². The maximum Gasteiger partial charge on any atom is 0.270 e. The molecular weight excluding hydrogens is 402 g/mol. The summed E-state index contributed by atoms with van der Waals surface area (Å²) in [5.41, 5.74) is 3.50. The monoisotopic (exact) mass is 425 g/mol. The minimum atomic E-state index is -0.529. The Morgan fingerprint density at radius 2 is 1.87 bits per heavy atom. The van der Waals surface area contributed by atoms with E-state index in [0.717, 1.165) is 5.69 Å². The van der Waals surface area contributed by atoms with Crippen LogP contribution in [0.1, 0.15) is 41.0 Å². The lowest BCUT2D eigenvalue weighted by Crippen LogP contribution is -2.37. The zero-order valence-corrected chi connectivity index (χ0v) is 18.0. The number of aryl methyl sites for hydroxylation is 1. The second-order valence-corrected chi connectivity index (χ2v) is 7.97. The number of benzene rings is 2. The van der Waals surface area contributed by atoms with Crippen LogP contribution in [0.25, 0.3) is 0 Å². The summed E-state index contributed by atoms with van der Waals surface area (Å²) in [6, 6.07) is 16.2. The van der Waals surface area contributed by atoms with E-state index >= 15 is 0 Å². The zero-order chi connectivity index (χ0) is 21.8. The van der Waals surface area contributed by atoms with Crippen molar-refractivity contribution in [1.82, 2.24) is 9.47 Å². The molecule has 0 atom stereocenters. The van der Waals surface area contributed by atoms with Gasteiger partial charge in [0.1, 0.15) is 0 Å². The Balaban J connectivity index is 1.83. The summed E-state index contributed by atoms with van der Waals surface area (Å²) in [6.07, 6.45) is 2.00. The number of hydrogen-bond donors (Lipinski definition) is 0. The largest absolute Gasteiger partial charge is 0.345 e. The van der Waals surface area contributed by atoms with Gasteiger partial charge in [-0.3, -0.25) is 14.9 Å². The molecule has 7 heteroatoms. The van der Waals surface area contributed by atoms with Gasteiger partial charge in [0, 0.05) is 36.6 Å². The van der Waals surface area contributed by atoms with Gasteiger partial charge >= 0.3 is 0 Å². The Morgan fingerprint density at radius 3 is 2.47 bits per heavy atom. The van der Waals surface area contributed by atoms with E-state index in [0.29, 0.717) is 13.1 Å². The Kier molecular flexibility index (Phi) is 6.57. The van der Waals surface area contributed by atoms with Crippen molar-refractivity contribution in [3.8, 4) is 0 Å². The van der Waals surface area contributed by atoms with Crippen molar-refractivity contribution < 1.29 is 9.72 Å². The van der Waals surface area contributed by atoms with Crippen molar-refractivity contribution in [2.24, 2.45) is 0 Å². The second kappa shape index (κ2) is 9.13. The molecular formula is C23H24ClN3O3. The van der Waals surface area contributed by atoms with Gasteiger partial charge in [-0.25, -0.2) is 0 Å². The smallest absolute Gasteiger partial charge is 0.270 e. The van der Waals surface area contributed by atoms with Crippen LogP contribution in [0.2, 0.25) is 5.02 Å². The highest BCUT2D eigenvalue weighted by Gasteiger charge is 2.23. The number of non-ortho nitro benzene ring substituents is 1. The lowest BCUT2D eigenvalue weighted by Gasteiger charge is -2.28. The fourth-order valence-corrected chi connectivity index (χ4v) is 3.50. The number of nitrogens with zero attached hydrogens (tertiary/aromatic N) is 3. The quantitative estimate of drug-likeness (QED) is 0.373. The summed E-state index contributed by atoms with van der Waals surface area (Å²) in [5, 5.41) is 11.0. The molecule has 0 spiro atoms. The summed E-state index contributed by atoms with van der Waals surface area (Å²) in [4.78, 5) is 25.3. The molecule has 2 aromatic carbocycles. The molecule has 0 N–H and O–H groups in total. The van der Waals surface area contributed by atoms with E-state index in [2.05, 4.69) is 35.8 Å². The highest BCUT2D eigenvalue weighted by Crippen LogP contribution is 2.25. The maximum atomic E-state index is 13.2. The van der Waals surface area contributed by atoms with Crippen molar-refractivity contribution in [2.45, 2.75) is 39.9 Å². The van der Waals surface area contributed by atoms with E-state index in [1.807, 2.05) is 32.2 Å². The van der Waals surface area contributed by atoms with Crippen molar-refractivity contribution in [3.63, 3.8) is 0 Å². The minimum absolute atomic E-state index is 0.0773. The van der Waals surface area contributed by atoms with E-state index in [-0.39, 0.29) is 28.2 Å². The van der Waals surface area contributed by atoms with Gasteiger partial charge in [-0.1, -0.05) is 41.4 Å². The van der Waals surface area contributed by atoms with Gasteiger partial charge in [0.25, 0.3) is 11.6 Å². The first kappa shape index (κ1) is 21.6. The Hall–Kier alpha value is -3.12. The molecule has 6 nitrogen and oxygen atoms in total. The highest BCUT2D eigenvalue weighted by atomic mass is 35.5. The van der Waals surface area contributed by atoms with Crippen LogP contribution < -0.4 is 0 Å². The van der Waals surface area contributed by atoms with Gasteiger partial charge < -0.3 is 9.47 Å². The number of carbonyl (C=O) groups excluding carboxylic acids is 1. The van der Waals surface area contributed by atoms with Crippen LogP contribution in [0, 0.1) is 17.0 Å². The molecule has 0 aliphatic carbocycles. The fraction of sp³-hybridized carbons (Fsp3) is 0.261. The van der Waals surface area contributed by atoms with Crippen LogP contribution in [0.4, 0.5) is 5.69 Å². The minimum Gasteiger partial charge on any atom is -0.345 e. The first-order chi connectivity index (χ1) is 14.3. The van der Waals surface area contributed by atoms with Crippen LogP contribution in [-0.2, 0) is 13.1 Å². The van der Waals surface area contributed by atoms with Crippen molar-refractivity contribution >= 4 is 23.2 Å². The number of carbonyl (C=O) groups is 1. The number of hydrogen-bond acceptors (Lipinski definition) is 3. The van der Waals surface area contributed by atoms with Gasteiger partial charge in [0.15, 0.2) is 0 Å². The lowest BCUT2D eigenvalue weighted by atomic mass is 10.1. The van der Waals surface area contributed by atoms with Crippen molar-refractivity contribution in [1.29, 1.82) is 0 Å². The average molecular weight is 426 g/mol. The first-order valence-corrected chi connectivity index (χ1v) is 10.1. The lowest BCUT2D eigenvalue weighted by molar-refractivity contribution is -0.384. The number of rotatable bonds is 7. The topological polar surface area (TPSA) is 68.4 Å². The average Bonchev–Trinajstić information content (AvgIpc) is 3.13. The van der Waals surface area contributed by atoms with E-state index in [1.165, 1.54) is 29.3 Å². The fourth-order valence-electron chi connectivity index (χ4n) is 3.25. The van der Waals surface area contributed by atoms with E-state index in [9.17, 15) is 14.9 Å². The molecule has 0 aliphatic heterocycles. The summed E-state index contributed by atoms with van der Waals surface area (Å²) in [7, 11) is 0. The van der Waals surface area contributed by atoms with Crippen molar-refractivity contribution in [3.05, 3.63) is 98.3 Å². The molecule has 3 rings (SSSR count). The summed E-state index contributed by atoms with van der Waals surface area (Å²) >= 11 is 6.19. The molecule has 1 amide bonds. The molecule has 0 saturated heterocycles. The molecule has 3 aromatic rings. The normalized spacial score (nSPS) is 11.0. The molecule has 0 unspecified atom stereocenters. The summed E-state index contributed by atoms with van der Waals surface area (Å²) in [5.74, 6) is -0.256. The Morgan fingerprint density at radius 1 is 1.17 bits per heavy atom. The number of amides is 1. The second-order valence-electron chi connectivity index (χ2n) is 7.56. The van der Waals surface area contributed by atoms with Gasteiger partial charge in [-0.15, -0.1) is 0 Å². The SMILES string of the molecule is Cc1ccc(Cn2cccc2CN(C(=O)c2ccc([N+](=O)[O-])cc2Cl)C(C)C)cc1. The van der Waals surface area contributed by atoms with Crippen molar-refractivity contribution in [2.75, 3.05) is 0 Å². The van der Waals surface area contributed by atoms with Crippen LogP contribution in [0.15, 0.2) is 60.8 Å². The molecule has 0 bridgehead atoms. The Labute approximate surface area is 180 Å². The van der Waals surface area contributed by atoms with E-state index in [1.54, 1.807) is 4.90 Å². The van der Waals surface area contributed by atoms with Crippen LogP contribution in [0.5, 0.6) is 0 Å². The molecule has 0 radical (unpaired) electrons. The highest BCUT2D eigenvalue weighted by molar-refractivity contribution is 6.34. The van der Waals surface area contributed by atoms with Gasteiger partial charge in [0.05, 0.1) is 22.1 Å². The molecule has 30 heavy (non-hydrogen) atoms. The number of halogens is 1. The standard InChI is InChI=1S/C23H24ClN3O3/c1-16(2)26(23(28)21-11-10-19(27(29)30)13-22(21)24)15-20-5-4-12-25(20)14-18-8-6-17(3)7-9-18/h4-13,16H,14-15H2,1-3H3. The number of aromatic nitrogens is 1. The van der Waals surface area contributed by atoms with Crippen LogP contribution >= 0.6 is 11.6 Å². The third-order valence-corrected chi connectivity index (χ3v) is 5.32. The predicted octanol–water partition coefficient (Wildman–Crippen LogP) is 5.46. The molecule has 156 valence electrons. The molecule has 0 saturated carbocycles. The van der Waals surface area contributed by atoms with Gasteiger partial charge in [-0.05, 0) is 44.5 Å². The third-order valence-electron chi connectivity index (χ3n) is 5.01. The molecule has 0 fully saturated rings. The van der Waals surface area contributed by atoms with E-state index in [4.69, 9.17) is 11.6 Å². The Bertz CT molecular complexity index is 1060. The van der Waals surface area contributed by atoms with Gasteiger partial charge in [0.2, 0.25) is 0 Å². The first-order valence-electron chi connectivity index (χ1n) is 9.70. The predicted molar refractivity (Wildman–Crippen MR) is 118 cm³/mol. The number of nitro groups is 1. The summed E-state index contributed by atoms with van der Waals surface area (Å²) in [6.45, 7) is 7.04. The molecule has 0 aliphatic rings. The third kappa shape index (κ3) is 4.89. The van der Waals surface area contributed by atoms with E-state index < -0.39 is 4.92 Å². The number of nitro benzene ring substituents is 1. The zero-order valence-electron chi connectivity index (χ0n) is 17.2.